The predicted molar refractivity (Wildman–Crippen MR) is 118 cm³/mol. The van der Waals surface area contributed by atoms with Gasteiger partial charge in [-0.05, 0) is 63.5 Å². The lowest BCUT2D eigenvalue weighted by Crippen LogP contribution is -2.27. The molecule has 0 saturated carbocycles. The number of alkyl halides is 2. The van der Waals surface area contributed by atoms with Crippen LogP contribution in [-0.4, -0.2) is 24.8 Å². The monoisotopic (exact) mass is 399 g/mol. The quantitative estimate of drug-likeness (QED) is 0.245. The van der Waals surface area contributed by atoms with Crippen LogP contribution in [0.5, 0.6) is 0 Å². The molecule has 0 aromatic rings. The summed E-state index contributed by atoms with van der Waals surface area (Å²) in [5.74, 6) is 0. The van der Waals surface area contributed by atoms with Gasteiger partial charge in [-0.3, -0.25) is 0 Å². The summed E-state index contributed by atoms with van der Waals surface area (Å²) >= 11 is 0. The van der Waals surface area contributed by atoms with E-state index in [9.17, 15) is 8.78 Å². The summed E-state index contributed by atoms with van der Waals surface area (Å²) in [7, 11) is 3.44. The molecule has 154 valence electrons. The topological polar surface area (TPSA) is 50.1 Å². The Morgan fingerprint density at radius 3 is 2.41 bits per heavy atom. The average Bonchev–Trinajstić information content (AvgIpc) is 2.53. The smallest absolute Gasteiger partial charge is 0.259 e. The molecule has 0 amide bonds. The zero-order valence-electron chi connectivity index (χ0n) is 17.3. The van der Waals surface area contributed by atoms with Gasteiger partial charge in [0.15, 0.2) is 0 Å². The van der Waals surface area contributed by atoms with Crippen molar-refractivity contribution in [3.8, 4) is 0 Å². The fourth-order valence-corrected chi connectivity index (χ4v) is 2.84. The van der Waals surface area contributed by atoms with Crippen LogP contribution in [0.4, 0.5) is 8.78 Å². The van der Waals surface area contributed by atoms with Crippen molar-refractivity contribution >= 4 is 9.24 Å². The second-order valence-electron chi connectivity index (χ2n) is 6.83. The van der Waals surface area contributed by atoms with E-state index >= 15 is 0 Å². The van der Waals surface area contributed by atoms with E-state index in [-0.39, 0.29) is 18.5 Å². The molecule has 3 nitrogen and oxygen atoms in total. The molecule has 0 spiro atoms. The van der Waals surface area contributed by atoms with Gasteiger partial charge >= 0.3 is 0 Å². The Morgan fingerprint density at radius 2 is 1.93 bits per heavy atom. The van der Waals surface area contributed by atoms with Crippen molar-refractivity contribution < 1.29 is 8.78 Å². The maximum absolute atomic E-state index is 13.1. The molecule has 0 saturated heterocycles. The molecule has 6 heteroatoms. The van der Waals surface area contributed by atoms with Crippen molar-refractivity contribution in [1.29, 1.82) is 0 Å². The number of halogens is 2. The summed E-state index contributed by atoms with van der Waals surface area (Å²) < 4.78 is 26.3. The Labute approximate surface area is 166 Å². The summed E-state index contributed by atoms with van der Waals surface area (Å²) in [6.45, 7) is 11.8. The molecule has 3 unspecified atom stereocenters. The third-order valence-corrected chi connectivity index (χ3v) is 4.35. The maximum Gasteiger partial charge on any atom is 0.259 e. The first-order valence-electron chi connectivity index (χ1n) is 9.23. The zero-order valence-corrected chi connectivity index (χ0v) is 18.4. The fraction of sp³-hybridized carbons (Fsp3) is 0.524. The van der Waals surface area contributed by atoms with Crippen LogP contribution < -0.4 is 16.4 Å². The molecular formula is C21H36F2N3P. The Bertz CT molecular complexity index is 587. The molecule has 0 radical (unpaired) electrons. The van der Waals surface area contributed by atoms with E-state index in [4.69, 9.17) is 5.73 Å². The molecule has 4 N–H and O–H groups in total. The van der Waals surface area contributed by atoms with E-state index in [1.165, 1.54) is 0 Å². The highest BCUT2D eigenvalue weighted by Crippen LogP contribution is 2.29. The molecular weight excluding hydrogens is 363 g/mol. The highest BCUT2D eigenvalue weighted by Gasteiger charge is 2.21. The summed E-state index contributed by atoms with van der Waals surface area (Å²) in [6, 6.07) is -0.253. The van der Waals surface area contributed by atoms with Crippen LogP contribution in [0, 0.1) is 0 Å². The van der Waals surface area contributed by atoms with Gasteiger partial charge in [-0.2, -0.15) is 0 Å². The van der Waals surface area contributed by atoms with E-state index in [0.29, 0.717) is 12.8 Å². The highest BCUT2D eigenvalue weighted by molar-refractivity contribution is 7.18. The molecule has 0 bridgehead atoms. The van der Waals surface area contributed by atoms with E-state index in [2.05, 4.69) is 17.2 Å². The molecule has 0 aromatic carbocycles. The summed E-state index contributed by atoms with van der Waals surface area (Å²) in [6.07, 6.45) is 10.5. The van der Waals surface area contributed by atoms with Gasteiger partial charge in [0.25, 0.3) is 5.66 Å². The number of rotatable bonds is 12. The second-order valence-corrected chi connectivity index (χ2v) is 7.68. The number of hydrogen-bond acceptors (Lipinski definition) is 3. The second kappa shape index (κ2) is 12.9. The largest absolute Gasteiger partial charge is 0.394 e. The van der Waals surface area contributed by atoms with E-state index in [0.717, 1.165) is 22.3 Å². The lowest BCUT2D eigenvalue weighted by atomic mass is 9.98. The van der Waals surface area contributed by atoms with Crippen LogP contribution in [0.3, 0.4) is 0 Å². The van der Waals surface area contributed by atoms with Crippen molar-refractivity contribution in [2.45, 2.75) is 64.7 Å². The van der Waals surface area contributed by atoms with Gasteiger partial charge in [0.2, 0.25) is 0 Å². The van der Waals surface area contributed by atoms with Crippen LogP contribution in [-0.2, 0) is 0 Å². The molecule has 3 atom stereocenters. The van der Waals surface area contributed by atoms with Crippen molar-refractivity contribution in [1.82, 2.24) is 10.6 Å². The minimum absolute atomic E-state index is 0.0181. The molecule has 0 aliphatic rings. The van der Waals surface area contributed by atoms with E-state index in [1.807, 2.05) is 65.4 Å². The SMILES string of the molecule is C=C(C)/C(=C/NC(C)/C(=C/C(C)=C\NC)CCCC(F)(F)P)C(N)/C=C\C. The Morgan fingerprint density at radius 1 is 1.30 bits per heavy atom. The van der Waals surface area contributed by atoms with Crippen molar-refractivity contribution in [2.75, 3.05) is 7.05 Å². The van der Waals surface area contributed by atoms with E-state index < -0.39 is 5.66 Å². The average molecular weight is 400 g/mol. The lowest BCUT2D eigenvalue weighted by Gasteiger charge is -2.20. The summed E-state index contributed by atoms with van der Waals surface area (Å²) in [5, 5.41) is 6.34. The normalized spacial score (nSPS) is 16.4. The number of allylic oxidation sites excluding steroid dienone is 3. The first-order valence-corrected chi connectivity index (χ1v) is 9.81. The minimum Gasteiger partial charge on any atom is -0.394 e. The molecule has 0 aromatic heterocycles. The third-order valence-electron chi connectivity index (χ3n) is 4.06. The molecule has 0 rings (SSSR count). The fourth-order valence-electron chi connectivity index (χ4n) is 2.64. The van der Waals surface area contributed by atoms with E-state index in [1.54, 1.807) is 9.24 Å². The highest BCUT2D eigenvalue weighted by atomic mass is 31.0. The number of hydrogen-bond donors (Lipinski definition) is 3. The van der Waals surface area contributed by atoms with Crippen LogP contribution in [0.1, 0.15) is 47.0 Å². The van der Waals surface area contributed by atoms with Gasteiger partial charge < -0.3 is 16.4 Å². The first-order chi connectivity index (χ1) is 12.5. The lowest BCUT2D eigenvalue weighted by molar-refractivity contribution is 0.0918. The molecule has 0 fully saturated rings. The van der Waals surface area contributed by atoms with Gasteiger partial charge in [0.1, 0.15) is 0 Å². The molecule has 0 aliphatic heterocycles. The Kier molecular flexibility index (Phi) is 12.2. The minimum atomic E-state index is -2.72. The third kappa shape index (κ3) is 11.8. The number of nitrogens with one attached hydrogen (secondary N) is 2. The Hall–Kier alpha value is -1.45. The van der Waals surface area contributed by atoms with Gasteiger partial charge in [0.05, 0.1) is 0 Å². The Balaban J connectivity index is 5.36. The van der Waals surface area contributed by atoms with Gasteiger partial charge in [-0.15, -0.1) is 0 Å². The zero-order chi connectivity index (χ0) is 21.0. The van der Waals surface area contributed by atoms with Crippen molar-refractivity contribution in [3.63, 3.8) is 0 Å². The summed E-state index contributed by atoms with van der Waals surface area (Å²) in [5.41, 5.74) is 7.35. The van der Waals surface area contributed by atoms with Crippen LogP contribution in [0.25, 0.3) is 0 Å². The summed E-state index contributed by atoms with van der Waals surface area (Å²) in [4.78, 5) is 0. The standard InChI is InChI=1S/C21H36F2N3P/c1-7-9-20(24)19(15(2)3)14-26-17(5)18(12-16(4)13-25-6)10-8-11-21(22,23)27/h7,9,12-14,17,20,25-26H,2,8,10-11,24,27H2,1,3-6H3/b9-7-,16-13-,18-12+,19-14-. The van der Waals surface area contributed by atoms with Gasteiger partial charge in [-0.1, -0.05) is 39.6 Å². The van der Waals surface area contributed by atoms with Gasteiger partial charge in [-0.25, -0.2) is 8.78 Å². The number of nitrogens with two attached hydrogens (primary N) is 1. The maximum atomic E-state index is 13.1. The van der Waals surface area contributed by atoms with Crippen molar-refractivity contribution in [2.24, 2.45) is 5.73 Å². The van der Waals surface area contributed by atoms with Crippen LogP contribution in [0.15, 0.2) is 59.5 Å². The van der Waals surface area contributed by atoms with Crippen molar-refractivity contribution in [3.05, 3.63) is 59.5 Å². The van der Waals surface area contributed by atoms with Gasteiger partial charge in [0, 0.05) is 31.8 Å². The predicted octanol–water partition coefficient (Wildman–Crippen LogP) is 5.02. The molecule has 0 heterocycles. The molecule has 0 aliphatic carbocycles. The molecule has 27 heavy (non-hydrogen) atoms. The first kappa shape index (κ1) is 25.6. The van der Waals surface area contributed by atoms with Crippen LogP contribution >= 0.6 is 9.24 Å². The van der Waals surface area contributed by atoms with Crippen LogP contribution in [0.2, 0.25) is 0 Å².